The number of carbonyl (C=O) groups is 1. The fourth-order valence-corrected chi connectivity index (χ4v) is 4.95. The van der Waals surface area contributed by atoms with E-state index in [0.717, 1.165) is 11.1 Å². The number of hydrogen-bond donors (Lipinski definition) is 2. The predicted molar refractivity (Wildman–Crippen MR) is 152 cm³/mol. The van der Waals surface area contributed by atoms with Gasteiger partial charge < -0.3 is 24.8 Å². The Hall–Kier alpha value is -3.67. The third-order valence-corrected chi connectivity index (χ3v) is 7.38. The lowest BCUT2D eigenvalue weighted by atomic mass is 10.0. The number of methoxy groups -OCH3 is 1. The molecule has 0 fully saturated rings. The Kier molecular flexibility index (Phi) is 11.3. The Morgan fingerprint density at radius 1 is 0.975 bits per heavy atom. The van der Waals surface area contributed by atoms with E-state index in [4.69, 9.17) is 19.9 Å². The van der Waals surface area contributed by atoms with Crippen LogP contribution in [0.4, 0.5) is 10.1 Å². The molecule has 0 atom stereocenters. The fraction of sp³-hybridized carbons (Fsp3) is 0.345. The molecule has 0 heterocycles. The zero-order valence-corrected chi connectivity index (χ0v) is 23.8. The van der Waals surface area contributed by atoms with Crippen LogP contribution in [-0.4, -0.2) is 60.2 Å². The first-order valence-corrected chi connectivity index (χ1v) is 14.3. The average molecular weight is 574 g/mol. The van der Waals surface area contributed by atoms with Gasteiger partial charge >= 0.3 is 0 Å². The molecule has 0 spiro atoms. The van der Waals surface area contributed by atoms with Crippen molar-refractivity contribution in [1.29, 1.82) is 0 Å². The molecule has 216 valence electrons. The van der Waals surface area contributed by atoms with Crippen molar-refractivity contribution in [3.8, 4) is 11.5 Å². The van der Waals surface area contributed by atoms with Crippen LogP contribution in [-0.2, 0) is 39.0 Å². The molecule has 3 aromatic rings. The molecule has 3 aromatic carbocycles. The molecule has 0 saturated carbocycles. The van der Waals surface area contributed by atoms with Crippen LogP contribution in [0.2, 0.25) is 0 Å². The molecule has 0 aliphatic carbocycles. The van der Waals surface area contributed by atoms with E-state index in [9.17, 15) is 17.6 Å². The average Bonchev–Trinajstić information content (AvgIpc) is 2.90. The van der Waals surface area contributed by atoms with Gasteiger partial charge in [0.2, 0.25) is 5.91 Å². The molecular formula is C29H36FN3O6S. The molecule has 0 aliphatic rings. The first-order valence-electron chi connectivity index (χ1n) is 12.8. The van der Waals surface area contributed by atoms with Gasteiger partial charge in [-0.2, -0.15) is 0 Å². The monoisotopic (exact) mass is 573 g/mol. The number of hydrogen-bond acceptors (Lipinski definition) is 7. The molecule has 0 aliphatic heterocycles. The molecule has 3 N–H and O–H groups in total. The van der Waals surface area contributed by atoms with Crippen molar-refractivity contribution in [3.63, 3.8) is 0 Å². The smallest absolute Gasteiger partial charge is 0.261 e. The number of sulfonamides is 1. The normalized spacial score (nSPS) is 11.4. The number of aryl methyl sites for hydroxylation is 2. The number of amides is 1. The van der Waals surface area contributed by atoms with E-state index in [0.29, 0.717) is 55.2 Å². The van der Waals surface area contributed by atoms with Gasteiger partial charge in [0.15, 0.2) is 11.5 Å². The summed E-state index contributed by atoms with van der Waals surface area (Å²) in [5, 5.41) is 0. The maximum Gasteiger partial charge on any atom is 0.261 e. The molecule has 3 rings (SSSR count). The minimum atomic E-state index is -3.83. The molecule has 1 amide bonds. The molecule has 0 saturated heterocycles. The first-order chi connectivity index (χ1) is 19.1. The highest BCUT2D eigenvalue weighted by molar-refractivity contribution is 7.92. The summed E-state index contributed by atoms with van der Waals surface area (Å²) in [5.74, 6) is 0.0812. The third-order valence-electron chi connectivity index (χ3n) is 5.98. The summed E-state index contributed by atoms with van der Waals surface area (Å²) in [4.78, 5) is 12.9. The van der Waals surface area contributed by atoms with Crippen molar-refractivity contribution in [3.05, 3.63) is 83.2 Å². The van der Waals surface area contributed by atoms with Gasteiger partial charge in [-0.3, -0.25) is 9.52 Å². The van der Waals surface area contributed by atoms with Crippen LogP contribution in [0, 0.1) is 5.82 Å². The molecule has 0 aromatic heterocycles. The van der Waals surface area contributed by atoms with Crippen LogP contribution < -0.4 is 19.9 Å². The SMILES string of the molecule is COc1ccc(NS(=O)(=O)c2ccc(CCCc3cc(COCC(N)=O)ccc3F)cc2)cc1OCCN(C)C. The number of primary amides is 1. The van der Waals surface area contributed by atoms with Gasteiger partial charge in [-0.1, -0.05) is 24.3 Å². The topological polar surface area (TPSA) is 120 Å². The van der Waals surface area contributed by atoms with Crippen molar-refractivity contribution in [2.75, 3.05) is 45.7 Å². The molecule has 0 unspecified atom stereocenters. The van der Waals surface area contributed by atoms with Gasteiger partial charge in [0.25, 0.3) is 10.0 Å². The van der Waals surface area contributed by atoms with Crippen molar-refractivity contribution >= 4 is 21.6 Å². The Bertz CT molecular complexity index is 1380. The summed E-state index contributed by atoms with van der Waals surface area (Å²) in [7, 11) is 1.56. The lowest BCUT2D eigenvalue weighted by Gasteiger charge is -2.15. The van der Waals surface area contributed by atoms with Crippen LogP contribution >= 0.6 is 0 Å². The number of benzene rings is 3. The molecule has 40 heavy (non-hydrogen) atoms. The van der Waals surface area contributed by atoms with Crippen molar-refractivity contribution in [1.82, 2.24) is 4.90 Å². The summed E-state index contributed by atoms with van der Waals surface area (Å²) >= 11 is 0. The first kappa shape index (κ1) is 30.9. The summed E-state index contributed by atoms with van der Waals surface area (Å²) in [5.41, 5.74) is 7.66. The maximum atomic E-state index is 14.3. The van der Waals surface area contributed by atoms with Crippen LogP contribution in [0.25, 0.3) is 0 Å². The molecule has 11 heteroatoms. The lowest BCUT2D eigenvalue weighted by Crippen LogP contribution is -2.19. The second-order valence-corrected chi connectivity index (χ2v) is 11.2. The number of nitrogens with zero attached hydrogens (tertiary/aromatic N) is 1. The van der Waals surface area contributed by atoms with Crippen LogP contribution in [0.15, 0.2) is 65.6 Å². The summed E-state index contributed by atoms with van der Waals surface area (Å²) in [6.45, 7) is 1.09. The van der Waals surface area contributed by atoms with E-state index in [1.165, 1.54) is 13.2 Å². The predicted octanol–water partition coefficient (Wildman–Crippen LogP) is 3.75. The number of anilines is 1. The Labute approximate surface area is 235 Å². The van der Waals surface area contributed by atoms with Crippen molar-refractivity contribution < 1.29 is 31.8 Å². The quantitative estimate of drug-likeness (QED) is 0.268. The van der Waals surface area contributed by atoms with E-state index in [-0.39, 0.29) is 23.9 Å². The number of ether oxygens (including phenoxy) is 3. The third kappa shape index (κ3) is 9.51. The Balaban J connectivity index is 1.58. The highest BCUT2D eigenvalue weighted by atomic mass is 32.2. The van der Waals surface area contributed by atoms with E-state index < -0.39 is 15.9 Å². The fourth-order valence-electron chi connectivity index (χ4n) is 3.90. The Morgan fingerprint density at radius 3 is 2.38 bits per heavy atom. The van der Waals surface area contributed by atoms with Crippen LogP contribution in [0.3, 0.4) is 0 Å². The molecule has 0 radical (unpaired) electrons. The number of carbonyl (C=O) groups excluding carboxylic acids is 1. The van der Waals surface area contributed by atoms with E-state index >= 15 is 0 Å². The highest BCUT2D eigenvalue weighted by Crippen LogP contribution is 2.31. The minimum Gasteiger partial charge on any atom is -0.493 e. The van der Waals surface area contributed by atoms with E-state index in [1.807, 2.05) is 19.0 Å². The lowest BCUT2D eigenvalue weighted by molar-refractivity contribution is -0.122. The van der Waals surface area contributed by atoms with Crippen molar-refractivity contribution in [2.45, 2.75) is 30.8 Å². The minimum absolute atomic E-state index is 0.122. The number of likely N-dealkylation sites (N-methyl/N-ethyl adjacent to an activating group) is 1. The Morgan fingerprint density at radius 2 is 1.70 bits per heavy atom. The van der Waals surface area contributed by atoms with Gasteiger partial charge in [0.1, 0.15) is 19.0 Å². The van der Waals surface area contributed by atoms with E-state index in [1.54, 1.807) is 54.6 Å². The zero-order chi connectivity index (χ0) is 29.1. The van der Waals surface area contributed by atoms with E-state index in [2.05, 4.69) is 4.72 Å². The highest BCUT2D eigenvalue weighted by Gasteiger charge is 2.16. The van der Waals surface area contributed by atoms with Gasteiger partial charge in [0.05, 0.1) is 24.3 Å². The second-order valence-electron chi connectivity index (χ2n) is 9.51. The molecule has 0 bridgehead atoms. The van der Waals surface area contributed by atoms with Gasteiger partial charge in [-0.15, -0.1) is 0 Å². The zero-order valence-electron chi connectivity index (χ0n) is 23.0. The largest absolute Gasteiger partial charge is 0.493 e. The maximum absolute atomic E-state index is 14.3. The number of nitrogens with one attached hydrogen (secondary N) is 1. The molecular weight excluding hydrogens is 537 g/mol. The van der Waals surface area contributed by atoms with Gasteiger partial charge in [0, 0.05) is 12.6 Å². The summed E-state index contributed by atoms with van der Waals surface area (Å²) < 4.78 is 59.1. The number of halogens is 1. The van der Waals surface area contributed by atoms with Gasteiger partial charge in [-0.05, 0) is 80.4 Å². The van der Waals surface area contributed by atoms with Crippen molar-refractivity contribution in [2.24, 2.45) is 5.73 Å². The van der Waals surface area contributed by atoms with Gasteiger partial charge in [-0.25, -0.2) is 12.8 Å². The van der Waals surface area contributed by atoms with Crippen LogP contribution in [0.5, 0.6) is 11.5 Å². The van der Waals surface area contributed by atoms with Crippen LogP contribution in [0.1, 0.15) is 23.1 Å². The number of rotatable bonds is 16. The standard InChI is InChI=1S/C29H36FN3O6S/c1-33(2)15-16-39-28-18-24(10-14-27(28)37-3)32-40(35,36)25-11-7-21(8-12-25)5-4-6-23-17-22(9-13-26(23)30)19-38-20-29(31)34/h7-14,17-18,32H,4-6,15-16,19-20H2,1-3H3,(H2,31,34). The number of nitrogens with two attached hydrogens (primary N) is 1. The second kappa shape index (κ2) is 14.6. The summed E-state index contributed by atoms with van der Waals surface area (Å²) in [6, 6.07) is 16.2. The summed E-state index contributed by atoms with van der Waals surface area (Å²) in [6.07, 6.45) is 1.80. The molecule has 9 nitrogen and oxygen atoms in total.